The smallest absolute Gasteiger partial charge is 0.0381 e. The van der Waals surface area contributed by atoms with Crippen molar-refractivity contribution >= 4 is 27.7 Å². The van der Waals surface area contributed by atoms with Gasteiger partial charge in [0.25, 0.3) is 0 Å². The molecular weight excluding hydrogens is 244 g/mol. The van der Waals surface area contributed by atoms with Crippen molar-refractivity contribution < 1.29 is 0 Å². The van der Waals surface area contributed by atoms with E-state index in [1.54, 1.807) is 11.8 Å². The molecule has 0 saturated heterocycles. The van der Waals surface area contributed by atoms with E-state index in [1.807, 2.05) is 12.1 Å². The van der Waals surface area contributed by atoms with Crippen molar-refractivity contribution in [2.45, 2.75) is 11.3 Å². The number of hydrogen-bond acceptors (Lipinski definition) is 1. The van der Waals surface area contributed by atoms with Gasteiger partial charge in [-0.05, 0) is 18.4 Å². The Kier molecular flexibility index (Phi) is 5.03. The normalized spacial score (nSPS) is 9.08. The summed E-state index contributed by atoms with van der Waals surface area (Å²) in [7, 11) is 0. The van der Waals surface area contributed by atoms with Gasteiger partial charge in [0.15, 0.2) is 0 Å². The first kappa shape index (κ1) is 10.7. The van der Waals surface area contributed by atoms with Crippen LogP contribution in [0.5, 0.6) is 0 Å². The maximum absolute atomic E-state index is 3.35. The van der Waals surface area contributed by atoms with Crippen LogP contribution in [0.4, 0.5) is 0 Å². The third-order valence-corrected chi connectivity index (χ3v) is 2.74. The molecule has 1 aromatic rings. The Morgan fingerprint density at radius 3 is 2.85 bits per heavy atom. The van der Waals surface area contributed by atoms with Crippen LogP contribution < -0.4 is 0 Å². The van der Waals surface area contributed by atoms with E-state index in [0.29, 0.717) is 0 Å². The molecule has 0 unspecified atom stereocenters. The lowest BCUT2D eigenvalue weighted by atomic mass is 10.2. The van der Waals surface area contributed by atoms with E-state index >= 15 is 0 Å². The number of alkyl halides is 1. The van der Waals surface area contributed by atoms with Crippen LogP contribution >= 0.6 is 27.7 Å². The first-order valence-corrected chi connectivity index (χ1v) is 6.41. The average molecular weight is 255 g/mol. The fourth-order valence-corrected chi connectivity index (χ4v) is 1.70. The molecule has 0 atom stereocenters. The predicted octanol–water partition coefficient (Wildman–Crippen LogP) is 3.55. The molecule has 13 heavy (non-hydrogen) atoms. The maximum Gasteiger partial charge on any atom is 0.0381 e. The molecule has 0 N–H and O–H groups in total. The lowest BCUT2D eigenvalue weighted by Gasteiger charge is -1.98. The zero-order valence-electron chi connectivity index (χ0n) is 7.51. The van der Waals surface area contributed by atoms with Crippen molar-refractivity contribution in [2.24, 2.45) is 0 Å². The highest BCUT2D eigenvalue weighted by Crippen LogP contribution is 2.18. The summed E-state index contributed by atoms with van der Waals surface area (Å²) in [6.45, 7) is 0. The average Bonchev–Trinajstić information content (AvgIpc) is 2.19. The molecule has 2 heteroatoms. The second kappa shape index (κ2) is 6.12. The molecule has 0 nitrogen and oxygen atoms in total. The van der Waals surface area contributed by atoms with Gasteiger partial charge in [-0.15, -0.1) is 11.8 Å². The Balaban J connectivity index is 2.82. The number of rotatable bonds is 2. The lowest BCUT2D eigenvalue weighted by Crippen LogP contribution is -1.78. The van der Waals surface area contributed by atoms with E-state index in [9.17, 15) is 0 Å². The van der Waals surface area contributed by atoms with Crippen molar-refractivity contribution in [2.75, 3.05) is 11.6 Å². The monoisotopic (exact) mass is 254 g/mol. The predicted molar refractivity (Wildman–Crippen MR) is 63.5 cm³/mol. The minimum Gasteiger partial charge on any atom is -0.128 e. The Bertz CT molecular complexity index is 322. The molecule has 0 bridgehead atoms. The van der Waals surface area contributed by atoms with Crippen LogP contribution in [0.2, 0.25) is 0 Å². The summed E-state index contributed by atoms with van der Waals surface area (Å²) < 4.78 is 0. The molecule has 0 aliphatic carbocycles. The Hall–Kier alpha value is -0.390. The van der Waals surface area contributed by atoms with Crippen molar-refractivity contribution in [1.29, 1.82) is 0 Å². The van der Waals surface area contributed by atoms with E-state index in [4.69, 9.17) is 0 Å². The van der Waals surface area contributed by atoms with Crippen molar-refractivity contribution in [3.8, 4) is 11.8 Å². The van der Waals surface area contributed by atoms with Gasteiger partial charge in [-0.25, -0.2) is 0 Å². The highest BCUT2D eigenvalue weighted by molar-refractivity contribution is 9.09. The summed E-state index contributed by atoms with van der Waals surface area (Å²) in [5, 5.41) is 0.946. The minimum absolute atomic E-state index is 0.905. The Morgan fingerprint density at radius 1 is 1.38 bits per heavy atom. The summed E-state index contributed by atoms with van der Waals surface area (Å²) in [4.78, 5) is 1.25. The number of benzene rings is 1. The fourth-order valence-electron chi connectivity index (χ4n) is 0.953. The Labute approximate surface area is 92.2 Å². The molecule has 0 aromatic heterocycles. The number of halogens is 1. The topological polar surface area (TPSA) is 0 Å². The van der Waals surface area contributed by atoms with Crippen molar-refractivity contribution in [3.63, 3.8) is 0 Å². The molecule has 0 spiro atoms. The summed E-state index contributed by atoms with van der Waals surface area (Å²) in [5.41, 5.74) is 1.14. The molecule has 0 aliphatic rings. The number of thioether (sulfide) groups is 1. The van der Waals surface area contributed by atoms with Crippen LogP contribution in [0.3, 0.4) is 0 Å². The van der Waals surface area contributed by atoms with Gasteiger partial charge in [0, 0.05) is 22.2 Å². The van der Waals surface area contributed by atoms with Gasteiger partial charge >= 0.3 is 0 Å². The zero-order chi connectivity index (χ0) is 9.52. The Morgan fingerprint density at radius 2 is 2.15 bits per heavy atom. The highest BCUT2D eigenvalue weighted by atomic mass is 79.9. The van der Waals surface area contributed by atoms with Gasteiger partial charge in [0.05, 0.1) is 0 Å². The standard InChI is InChI=1S/C11H11BrS/c1-13-11-8-3-2-6-10(11)7-4-5-9-12/h2-3,6,8H,5,9H2,1H3. The van der Waals surface area contributed by atoms with Crippen LogP contribution in [0.15, 0.2) is 29.2 Å². The molecule has 0 heterocycles. The summed E-state index contributed by atoms with van der Waals surface area (Å²) in [5.74, 6) is 6.28. The first-order valence-electron chi connectivity index (χ1n) is 4.06. The van der Waals surface area contributed by atoms with Gasteiger partial charge < -0.3 is 0 Å². The largest absolute Gasteiger partial charge is 0.128 e. The summed E-state index contributed by atoms with van der Waals surface area (Å²) >= 11 is 5.09. The molecule has 0 fully saturated rings. The van der Waals surface area contributed by atoms with Crippen LogP contribution in [-0.2, 0) is 0 Å². The van der Waals surface area contributed by atoms with Gasteiger partial charge in [-0.2, -0.15) is 0 Å². The van der Waals surface area contributed by atoms with Crippen LogP contribution in [0.1, 0.15) is 12.0 Å². The molecule has 0 aliphatic heterocycles. The van der Waals surface area contributed by atoms with Gasteiger partial charge in [-0.3, -0.25) is 0 Å². The van der Waals surface area contributed by atoms with Gasteiger partial charge in [-0.1, -0.05) is 39.9 Å². The molecule has 1 rings (SSSR count). The van der Waals surface area contributed by atoms with Crippen LogP contribution in [0, 0.1) is 11.8 Å². The molecule has 0 radical (unpaired) electrons. The molecule has 0 amide bonds. The van der Waals surface area contributed by atoms with E-state index in [1.165, 1.54) is 4.90 Å². The fraction of sp³-hybridized carbons (Fsp3) is 0.273. The third-order valence-electron chi connectivity index (χ3n) is 1.55. The lowest BCUT2D eigenvalue weighted by molar-refractivity contribution is 1.31. The summed E-state index contributed by atoms with van der Waals surface area (Å²) in [6.07, 6.45) is 2.98. The second-order valence-corrected chi connectivity index (χ2v) is 4.08. The number of hydrogen-bond donors (Lipinski definition) is 0. The van der Waals surface area contributed by atoms with Gasteiger partial charge in [0.2, 0.25) is 0 Å². The zero-order valence-corrected chi connectivity index (χ0v) is 9.91. The highest BCUT2D eigenvalue weighted by Gasteiger charge is 1.94. The maximum atomic E-state index is 3.35. The summed E-state index contributed by atoms with van der Waals surface area (Å²) in [6, 6.07) is 8.23. The van der Waals surface area contributed by atoms with Crippen LogP contribution in [-0.4, -0.2) is 11.6 Å². The molecular formula is C11H11BrS. The van der Waals surface area contributed by atoms with E-state index in [-0.39, 0.29) is 0 Å². The van der Waals surface area contributed by atoms with Gasteiger partial charge in [0.1, 0.15) is 0 Å². The molecule has 0 saturated carbocycles. The van der Waals surface area contributed by atoms with E-state index in [2.05, 4.69) is 46.2 Å². The van der Waals surface area contributed by atoms with E-state index in [0.717, 1.165) is 17.3 Å². The molecule has 68 valence electrons. The van der Waals surface area contributed by atoms with Crippen LogP contribution in [0.25, 0.3) is 0 Å². The SMILES string of the molecule is CSc1ccccc1C#CCCBr. The molecule has 1 aromatic carbocycles. The van der Waals surface area contributed by atoms with E-state index < -0.39 is 0 Å². The third kappa shape index (κ3) is 3.46. The second-order valence-electron chi connectivity index (χ2n) is 2.44. The minimum atomic E-state index is 0.905. The quantitative estimate of drug-likeness (QED) is 0.442. The first-order chi connectivity index (χ1) is 6.38. The van der Waals surface area contributed by atoms with Crippen molar-refractivity contribution in [1.82, 2.24) is 0 Å². The van der Waals surface area contributed by atoms with Crippen molar-refractivity contribution in [3.05, 3.63) is 29.8 Å².